The molecule has 1 aliphatic heterocycles. The molecule has 1 aliphatic rings. The first-order valence-corrected chi connectivity index (χ1v) is 9.97. The minimum absolute atomic E-state index is 0.124. The zero-order chi connectivity index (χ0) is 21.8. The van der Waals surface area contributed by atoms with Gasteiger partial charge in [-0.3, -0.25) is 9.59 Å². The standard InChI is InChI=1S/C24H28N2O4/c1-16-6-8-18(9-7-16)22(27)20-21(17-10-12-19(30-4)13-11-17)26(24(29)23(20)28)15-5-14-25(2)3/h6-13,21,27H,5,14-15H2,1-4H3/b22-20+/t21-/m0/s1. The molecular formula is C24H28N2O4. The molecule has 6 heteroatoms. The number of hydrogen-bond acceptors (Lipinski definition) is 5. The average Bonchev–Trinajstić information content (AvgIpc) is 2.98. The van der Waals surface area contributed by atoms with E-state index < -0.39 is 17.7 Å². The number of rotatable bonds is 7. The third-order valence-electron chi connectivity index (χ3n) is 5.30. The van der Waals surface area contributed by atoms with Crippen LogP contribution in [0.4, 0.5) is 0 Å². The number of aliphatic hydroxyl groups excluding tert-OH is 1. The van der Waals surface area contributed by atoms with Crippen LogP contribution in [0.15, 0.2) is 54.1 Å². The maximum absolute atomic E-state index is 13.0. The maximum atomic E-state index is 13.0. The molecule has 1 N–H and O–H groups in total. The van der Waals surface area contributed by atoms with Gasteiger partial charge < -0.3 is 19.6 Å². The monoisotopic (exact) mass is 408 g/mol. The second-order valence-corrected chi connectivity index (χ2v) is 7.79. The van der Waals surface area contributed by atoms with Crippen molar-refractivity contribution in [2.24, 2.45) is 0 Å². The Morgan fingerprint density at radius 1 is 1.07 bits per heavy atom. The number of benzene rings is 2. The molecule has 0 bridgehead atoms. The molecule has 0 aromatic heterocycles. The Bertz CT molecular complexity index is 946. The fourth-order valence-electron chi connectivity index (χ4n) is 3.67. The molecular weight excluding hydrogens is 380 g/mol. The van der Waals surface area contributed by atoms with Crippen molar-refractivity contribution in [1.82, 2.24) is 9.80 Å². The fourth-order valence-corrected chi connectivity index (χ4v) is 3.67. The van der Waals surface area contributed by atoms with Crippen LogP contribution in [0.25, 0.3) is 5.76 Å². The van der Waals surface area contributed by atoms with E-state index in [2.05, 4.69) is 0 Å². The van der Waals surface area contributed by atoms with Gasteiger partial charge in [0.2, 0.25) is 0 Å². The van der Waals surface area contributed by atoms with Crippen molar-refractivity contribution in [1.29, 1.82) is 0 Å². The van der Waals surface area contributed by atoms with E-state index in [0.29, 0.717) is 17.9 Å². The lowest BCUT2D eigenvalue weighted by molar-refractivity contribution is -0.139. The van der Waals surface area contributed by atoms with Crippen molar-refractivity contribution in [3.05, 3.63) is 70.8 Å². The topological polar surface area (TPSA) is 70.1 Å². The first-order chi connectivity index (χ1) is 14.3. The van der Waals surface area contributed by atoms with Crippen LogP contribution in [0, 0.1) is 6.92 Å². The molecule has 1 atom stereocenters. The van der Waals surface area contributed by atoms with Gasteiger partial charge in [0.15, 0.2) is 0 Å². The summed E-state index contributed by atoms with van der Waals surface area (Å²) in [6.45, 7) is 3.16. The third kappa shape index (κ3) is 4.39. The van der Waals surface area contributed by atoms with Crippen LogP contribution in [0.3, 0.4) is 0 Å². The van der Waals surface area contributed by atoms with Crippen LogP contribution in [0.1, 0.15) is 29.2 Å². The highest BCUT2D eigenvalue weighted by molar-refractivity contribution is 6.46. The van der Waals surface area contributed by atoms with Crippen molar-refractivity contribution < 1.29 is 19.4 Å². The molecule has 2 aromatic rings. The van der Waals surface area contributed by atoms with Crippen LogP contribution in [-0.4, -0.2) is 60.9 Å². The number of ether oxygens (including phenoxy) is 1. The highest BCUT2D eigenvalue weighted by Gasteiger charge is 2.45. The number of Topliss-reactive ketones (excluding diaryl/α,β-unsaturated/α-hetero) is 1. The summed E-state index contributed by atoms with van der Waals surface area (Å²) >= 11 is 0. The number of aliphatic hydroxyl groups is 1. The van der Waals surface area contributed by atoms with E-state index in [9.17, 15) is 14.7 Å². The van der Waals surface area contributed by atoms with Crippen molar-refractivity contribution in [3.63, 3.8) is 0 Å². The van der Waals surface area contributed by atoms with Gasteiger partial charge in [0.1, 0.15) is 11.5 Å². The number of amides is 1. The zero-order valence-corrected chi connectivity index (χ0v) is 17.9. The highest BCUT2D eigenvalue weighted by Crippen LogP contribution is 2.39. The molecule has 0 saturated carbocycles. The first-order valence-electron chi connectivity index (χ1n) is 9.97. The molecule has 158 valence electrons. The van der Waals surface area contributed by atoms with Crippen LogP contribution < -0.4 is 4.74 Å². The molecule has 0 spiro atoms. The van der Waals surface area contributed by atoms with Gasteiger partial charge in [-0.2, -0.15) is 0 Å². The molecule has 1 heterocycles. The summed E-state index contributed by atoms with van der Waals surface area (Å²) in [5.41, 5.74) is 2.44. The summed E-state index contributed by atoms with van der Waals surface area (Å²) in [6.07, 6.45) is 0.719. The Kier molecular flexibility index (Phi) is 6.57. The number of likely N-dealkylation sites (tertiary alicyclic amines) is 1. The van der Waals surface area contributed by atoms with E-state index in [-0.39, 0.29) is 11.3 Å². The van der Waals surface area contributed by atoms with Crippen LogP contribution in [0.2, 0.25) is 0 Å². The number of hydrogen-bond donors (Lipinski definition) is 1. The van der Waals surface area contributed by atoms with E-state index in [1.165, 1.54) is 0 Å². The minimum atomic E-state index is -0.654. The van der Waals surface area contributed by atoms with Crippen molar-refractivity contribution in [3.8, 4) is 5.75 Å². The largest absolute Gasteiger partial charge is 0.507 e. The molecule has 0 radical (unpaired) electrons. The summed E-state index contributed by atoms with van der Waals surface area (Å²) < 4.78 is 5.23. The SMILES string of the molecule is COc1ccc([C@H]2/C(=C(\O)c3ccc(C)cc3)C(=O)C(=O)N2CCCN(C)C)cc1. The summed E-state index contributed by atoms with van der Waals surface area (Å²) in [6, 6.07) is 13.9. The molecule has 1 fully saturated rings. The Balaban J connectivity index is 2.07. The van der Waals surface area contributed by atoms with Crippen molar-refractivity contribution >= 4 is 17.4 Å². The molecule has 3 rings (SSSR count). The number of carbonyl (C=O) groups is 2. The van der Waals surface area contributed by atoms with Gasteiger partial charge in [-0.05, 0) is 51.7 Å². The average molecular weight is 408 g/mol. The molecule has 2 aromatic carbocycles. The molecule has 0 aliphatic carbocycles. The van der Waals surface area contributed by atoms with Crippen molar-refractivity contribution in [2.75, 3.05) is 34.3 Å². The number of aryl methyl sites for hydroxylation is 1. The second kappa shape index (κ2) is 9.13. The minimum Gasteiger partial charge on any atom is -0.507 e. The number of carbonyl (C=O) groups excluding carboxylic acids is 2. The van der Waals surface area contributed by atoms with E-state index in [1.807, 2.05) is 50.2 Å². The summed E-state index contributed by atoms with van der Waals surface area (Å²) in [5.74, 6) is -0.701. The van der Waals surface area contributed by atoms with E-state index in [1.54, 1.807) is 36.3 Å². The van der Waals surface area contributed by atoms with E-state index in [0.717, 1.165) is 24.1 Å². The quantitative estimate of drug-likeness (QED) is 0.432. The van der Waals surface area contributed by atoms with Gasteiger partial charge in [-0.1, -0.05) is 42.0 Å². The number of methoxy groups -OCH3 is 1. The Morgan fingerprint density at radius 2 is 1.70 bits per heavy atom. The van der Waals surface area contributed by atoms with Gasteiger partial charge in [-0.25, -0.2) is 0 Å². The normalized spacial score (nSPS) is 18.3. The number of ketones is 1. The predicted molar refractivity (Wildman–Crippen MR) is 116 cm³/mol. The lowest BCUT2D eigenvalue weighted by Crippen LogP contribution is -2.32. The van der Waals surface area contributed by atoms with Gasteiger partial charge in [0.25, 0.3) is 11.7 Å². The third-order valence-corrected chi connectivity index (χ3v) is 5.30. The van der Waals surface area contributed by atoms with Gasteiger partial charge in [-0.15, -0.1) is 0 Å². The van der Waals surface area contributed by atoms with Crippen LogP contribution in [-0.2, 0) is 9.59 Å². The molecule has 0 unspecified atom stereocenters. The molecule has 1 amide bonds. The second-order valence-electron chi connectivity index (χ2n) is 7.79. The van der Waals surface area contributed by atoms with Gasteiger partial charge >= 0.3 is 0 Å². The lowest BCUT2D eigenvalue weighted by Gasteiger charge is -2.26. The molecule has 1 saturated heterocycles. The fraction of sp³-hybridized carbons (Fsp3) is 0.333. The molecule has 6 nitrogen and oxygen atoms in total. The maximum Gasteiger partial charge on any atom is 0.295 e. The Labute approximate surface area is 177 Å². The summed E-state index contributed by atoms with van der Waals surface area (Å²) in [5, 5.41) is 11.0. The van der Waals surface area contributed by atoms with Crippen molar-refractivity contribution in [2.45, 2.75) is 19.4 Å². The van der Waals surface area contributed by atoms with Gasteiger partial charge in [0, 0.05) is 12.1 Å². The number of nitrogens with zero attached hydrogens (tertiary/aromatic N) is 2. The summed E-state index contributed by atoms with van der Waals surface area (Å²) in [4.78, 5) is 29.4. The predicted octanol–water partition coefficient (Wildman–Crippen LogP) is 3.38. The van der Waals surface area contributed by atoms with E-state index in [4.69, 9.17) is 4.74 Å². The van der Waals surface area contributed by atoms with E-state index >= 15 is 0 Å². The summed E-state index contributed by atoms with van der Waals surface area (Å²) in [7, 11) is 5.51. The molecule has 30 heavy (non-hydrogen) atoms. The highest BCUT2D eigenvalue weighted by atomic mass is 16.5. The smallest absolute Gasteiger partial charge is 0.295 e. The van der Waals surface area contributed by atoms with Crippen LogP contribution in [0.5, 0.6) is 5.75 Å². The zero-order valence-electron chi connectivity index (χ0n) is 17.9. The lowest BCUT2D eigenvalue weighted by atomic mass is 9.95. The van der Waals surface area contributed by atoms with Gasteiger partial charge in [0.05, 0.1) is 18.7 Å². The Hall–Kier alpha value is -3.12. The van der Waals surface area contributed by atoms with Crippen LogP contribution >= 0.6 is 0 Å². The first kappa shape index (κ1) is 21.6. The Morgan fingerprint density at radius 3 is 2.27 bits per heavy atom.